The minimum absolute atomic E-state index is 0.0334. The van der Waals surface area contributed by atoms with Crippen LogP contribution in [-0.2, 0) is 4.79 Å². The summed E-state index contributed by atoms with van der Waals surface area (Å²) < 4.78 is 1.23. The third kappa shape index (κ3) is 3.42. The van der Waals surface area contributed by atoms with Crippen molar-refractivity contribution in [3.8, 4) is 0 Å². The van der Waals surface area contributed by atoms with Crippen LogP contribution in [0.15, 0.2) is 41.2 Å². The van der Waals surface area contributed by atoms with Gasteiger partial charge in [-0.2, -0.15) is 5.10 Å². The second-order valence-electron chi connectivity index (χ2n) is 6.11. The third-order valence-corrected chi connectivity index (χ3v) is 4.15. The van der Waals surface area contributed by atoms with Gasteiger partial charge in [0.05, 0.1) is 5.69 Å². The van der Waals surface area contributed by atoms with Crippen LogP contribution < -0.4 is 10.9 Å². The number of carbonyl (C=O) groups is 2. The minimum Gasteiger partial charge on any atom is -0.324 e. The molecule has 3 rings (SSSR count). The predicted molar refractivity (Wildman–Crippen MR) is 90.3 cm³/mol. The van der Waals surface area contributed by atoms with Crippen LogP contribution in [0.3, 0.4) is 0 Å². The van der Waals surface area contributed by atoms with E-state index in [1.54, 1.807) is 37.3 Å². The minimum atomic E-state index is -0.719. The standard InChI is InChI=1S/C18H19N3O3/c1-11(21-17(23)10-9-16(20-21)14-3-4-14)18(24)19-15-7-5-13(6-8-15)12(2)22/h5-11,14H,3-4H2,1-2H3,(H,19,24). The molecule has 0 spiro atoms. The maximum absolute atomic E-state index is 12.4. The lowest BCUT2D eigenvalue weighted by Gasteiger charge is -2.15. The predicted octanol–water partition coefficient (Wildman–Crippen LogP) is 2.52. The van der Waals surface area contributed by atoms with E-state index in [1.807, 2.05) is 0 Å². The van der Waals surface area contributed by atoms with Crippen LogP contribution in [0.4, 0.5) is 5.69 Å². The van der Waals surface area contributed by atoms with Gasteiger partial charge in [0.15, 0.2) is 5.78 Å². The molecule has 6 nitrogen and oxygen atoms in total. The topological polar surface area (TPSA) is 81.1 Å². The molecule has 1 aromatic carbocycles. The van der Waals surface area contributed by atoms with Crippen LogP contribution in [0.5, 0.6) is 0 Å². The SMILES string of the molecule is CC(=O)c1ccc(NC(=O)C(C)n2nc(C3CC3)ccc2=O)cc1. The first-order valence-electron chi connectivity index (χ1n) is 7.97. The van der Waals surface area contributed by atoms with Crippen molar-refractivity contribution in [3.05, 3.63) is 58.0 Å². The molecule has 0 saturated heterocycles. The van der Waals surface area contributed by atoms with E-state index in [4.69, 9.17) is 0 Å². The van der Waals surface area contributed by atoms with Crippen molar-refractivity contribution in [2.75, 3.05) is 5.32 Å². The molecule has 1 fully saturated rings. The summed E-state index contributed by atoms with van der Waals surface area (Å²) in [5.41, 5.74) is 1.72. The molecule has 1 amide bonds. The Kier molecular flexibility index (Phi) is 4.29. The number of ketones is 1. The number of rotatable bonds is 5. The number of hydrogen-bond donors (Lipinski definition) is 1. The first-order chi connectivity index (χ1) is 11.5. The molecule has 6 heteroatoms. The zero-order valence-corrected chi connectivity index (χ0v) is 13.7. The lowest BCUT2D eigenvalue weighted by Crippen LogP contribution is -2.33. The molecule has 1 heterocycles. The van der Waals surface area contributed by atoms with Crippen molar-refractivity contribution >= 4 is 17.4 Å². The summed E-state index contributed by atoms with van der Waals surface area (Å²) in [6.07, 6.45) is 2.16. The number of benzene rings is 1. The van der Waals surface area contributed by atoms with Crippen molar-refractivity contribution in [1.82, 2.24) is 9.78 Å². The second kappa shape index (κ2) is 6.39. The number of Topliss-reactive ketones (excluding diaryl/α,β-unsaturated/α-hetero) is 1. The maximum Gasteiger partial charge on any atom is 0.267 e. The number of nitrogens with zero attached hydrogens (tertiary/aromatic N) is 2. The Morgan fingerprint density at radius 2 is 1.83 bits per heavy atom. The molecule has 0 radical (unpaired) electrons. The molecule has 124 valence electrons. The zero-order chi connectivity index (χ0) is 17.3. The highest BCUT2D eigenvalue weighted by Crippen LogP contribution is 2.38. The lowest BCUT2D eigenvalue weighted by molar-refractivity contribution is -0.119. The van der Waals surface area contributed by atoms with E-state index in [0.717, 1.165) is 18.5 Å². The highest BCUT2D eigenvalue weighted by atomic mass is 16.2. The fourth-order valence-corrected chi connectivity index (χ4v) is 2.46. The smallest absolute Gasteiger partial charge is 0.267 e. The van der Waals surface area contributed by atoms with Gasteiger partial charge in [-0.05, 0) is 57.0 Å². The van der Waals surface area contributed by atoms with Crippen LogP contribution in [0.1, 0.15) is 54.7 Å². The van der Waals surface area contributed by atoms with E-state index in [0.29, 0.717) is 17.2 Å². The third-order valence-electron chi connectivity index (χ3n) is 4.15. The van der Waals surface area contributed by atoms with Gasteiger partial charge in [-0.1, -0.05) is 0 Å². The number of carbonyl (C=O) groups excluding carboxylic acids is 2. The Balaban J connectivity index is 1.76. The van der Waals surface area contributed by atoms with Crippen LogP contribution in [-0.4, -0.2) is 21.5 Å². The number of nitrogens with one attached hydrogen (secondary N) is 1. The van der Waals surface area contributed by atoms with E-state index >= 15 is 0 Å². The largest absolute Gasteiger partial charge is 0.324 e. The van der Waals surface area contributed by atoms with Crippen molar-refractivity contribution in [3.63, 3.8) is 0 Å². The summed E-state index contributed by atoms with van der Waals surface area (Å²) in [5, 5.41) is 7.08. The van der Waals surface area contributed by atoms with Gasteiger partial charge in [-0.25, -0.2) is 4.68 Å². The molecular formula is C18H19N3O3. The first-order valence-corrected chi connectivity index (χ1v) is 7.97. The Morgan fingerprint density at radius 1 is 1.17 bits per heavy atom. The summed E-state index contributed by atoms with van der Waals surface area (Å²) in [7, 11) is 0. The normalized spacial score (nSPS) is 14.9. The van der Waals surface area contributed by atoms with Gasteiger partial charge in [0.2, 0.25) is 5.91 Å². The van der Waals surface area contributed by atoms with E-state index in [9.17, 15) is 14.4 Å². The van der Waals surface area contributed by atoms with Crippen LogP contribution >= 0.6 is 0 Å². The van der Waals surface area contributed by atoms with Gasteiger partial charge in [0.25, 0.3) is 5.56 Å². The van der Waals surface area contributed by atoms with Gasteiger partial charge >= 0.3 is 0 Å². The molecule has 1 aromatic heterocycles. The number of hydrogen-bond acceptors (Lipinski definition) is 4. The van der Waals surface area contributed by atoms with Gasteiger partial charge in [-0.15, -0.1) is 0 Å². The zero-order valence-electron chi connectivity index (χ0n) is 13.7. The number of aromatic nitrogens is 2. The van der Waals surface area contributed by atoms with Crippen molar-refractivity contribution in [2.45, 2.75) is 38.6 Å². The monoisotopic (exact) mass is 325 g/mol. The van der Waals surface area contributed by atoms with Gasteiger partial charge in [0, 0.05) is 23.2 Å². The fourth-order valence-electron chi connectivity index (χ4n) is 2.46. The Morgan fingerprint density at radius 3 is 2.42 bits per heavy atom. The molecule has 0 aliphatic heterocycles. The molecule has 24 heavy (non-hydrogen) atoms. The molecule has 1 N–H and O–H groups in total. The quantitative estimate of drug-likeness (QED) is 0.857. The fraction of sp³-hybridized carbons (Fsp3) is 0.333. The Bertz CT molecular complexity index is 835. The molecule has 2 aromatic rings. The molecule has 1 unspecified atom stereocenters. The van der Waals surface area contributed by atoms with Gasteiger partial charge in [-0.3, -0.25) is 14.4 Å². The van der Waals surface area contributed by atoms with Crippen LogP contribution in [0.2, 0.25) is 0 Å². The van der Waals surface area contributed by atoms with Gasteiger partial charge < -0.3 is 5.32 Å². The van der Waals surface area contributed by atoms with E-state index < -0.39 is 6.04 Å². The summed E-state index contributed by atoms with van der Waals surface area (Å²) in [5.74, 6) is 0.0493. The molecule has 1 aliphatic rings. The molecule has 0 bridgehead atoms. The molecular weight excluding hydrogens is 306 g/mol. The van der Waals surface area contributed by atoms with Crippen LogP contribution in [0.25, 0.3) is 0 Å². The molecule has 1 aliphatic carbocycles. The van der Waals surface area contributed by atoms with Crippen molar-refractivity contribution in [2.24, 2.45) is 0 Å². The summed E-state index contributed by atoms with van der Waals surface area (Å²) in [6, 6.07) is 9.12. The maximum atomic E-state index is 12.4. The average Bonchev–Trinajstić information content (AvgIpc) is 3.40. The first kappa shape index (κ1) is 16.1. The summed E-state index contributed by atoms with van der Waals surface area (Å²) >= 11 is 0. The average molecular weight is 325 g/mol. The second-order valence-corrected chi connectivity index (χ2v) is 6.11. The van der Waals surface area contributed by atoms with E-state index in [-0.39, 0.29) is 17.2 Å². The van der Waals surface area contributed by atoms with Crippen molar-refractivity contribution < 1.29 is 9.59 Å². The summed E-state index contributed by atoms with van der Waals surface area (Å²) in [6.45, 7) is 3.13. The molecule has 1 atom stereocenters. The Labute approximate surface area is 139 Å². The Hall–Kier alpha value is -2.76. The molecule has 1 saturated carbocycles. The number of anilines is 1. The highest BCUT2D eigenvalue weighted by molar-refractivity contribution is 5.96. The number of amides is 1. The van der Waals surface area contributed by atoms with E-state index in [2.05, 4.69) is 10.4 Å². The van der Waals surface area contributed by atoms with Crippen LogP contribution in [0, 0.1) is 0 Å². The lowest BCUT2D eigenvalue weighted by atomic mass is 10.1. The highest BCUT2D eigenvalue weighted by Gasteiger charge is 2.27. The van der Waals surface area contributed by atoms with E-state index in [1.165, 1.54) is 17.7 Å². The van der Waals surface area contributed by atoms with Crippen molar-refractivity contribution in [1.29, 1.82) is 0 Å². The van der Waals surface area contributed by atoms with Gasteiger partial charge in [0.1, 0.15) is 6.04 Å². The summed E-state index contributed by atoms with van der Waals surface area (Å²) in [4.78, 5) is 35.7.